The maximum atomic E-state index is 9.68. The van der Waals surface area contributed by atoms with Crippen LogP contribution >= 0.6 is 0 Å². The number of rotatable bonds is 0. The van der Waals surface area contributed by atoms with Crippen LogP contribution in [0.3, 0.4) is 0 Å². The Morgan fingerprint density at radius 2 is 2.15 bits per heavy atom. The van der Waals surface area contributed by atoms with E-state index in [1.807, 2.05) is 0 Å². The lowest BCUT2D eigenvalue weighted by Gasteiger charge is -2.07. The van der Waals surface area contributed by atoms with Gasteiger partial charge in [0, 0.05) is 12.2 Å². The van der Waals surface area contributed by atoms with Gasteiger partial charge in [0.25, 0.3) is 0 Å². The molecule has 1 heterocycles. The van der Waals surface area contributed by atoms with Gasteiger partial charge in [0.05, 0.1) is 6.10 Å². The number of hydrogen-bond donors (Lipinski definition) is 2. The molecule has 1 aromatic rings. The molecular formula is C11H13NO. The monoisotopic (exact) mass is 175 g/mol. The van der Waals surface area contributed by atoms with Crippen molar-refractivity contribution in [2.24, 2.45) is 0 Å². The van der Waals surface area contributed by atoms with Crippen molar-refractivity contribution in [3.63, 3.8) is 0 Å². The van der Waals surface area contributed by atoms with Crippen LogP contribution in [0.15, 0.2) is 12.1 Å². The van der Waals surface area contributed by atoms with Crippen LogP contribution in [0.4, 0.5) is 5.69 Å². The summed E-state index contributed by atoms with van der Waals surface area (Å²) in [7, 11) is 0. The number of fused-ring (bicyclic) bond motifs is 2. The van der Waals surface area contributed by atoms with Crippen molar-refractivity contribution >= 4 is 5.69 Å². The molecule has 0 aromatic heterocycles. The molecular weight excluding hydrogens is 162 g/mol. The Bertz CT molecular complexity index is 359. The Morgan fingerprint density at radius 3 is 3.08 bits per heavy atom. The minimum Gasteiger partial charge on any atom is -0.388 e. The fraction of sp³-hybridized carbons (Fsp3) is 0.455. The minimum absolute atomic E-state index is 0.220. The van der Waals surface area contributed by atoms with E-state index >= 15 is 0 Å². The highest BCUT2D eigenvalue weighted by atomic mass is 16.3. The maximum absolute atomic E-state index is 9.68. The third-order valence-electron chi connectivity index (χ3n) is 3.12. The number of hydrogen-bond acceptors (Lipinski definition) is 2. The van der Waals surface area contributed by atoms with E-state index in [9.17, 15) is 5.11 Å². The number of nitrogens with one attached hydrogen (secondary N) is 1. The first kappa shape index (κ1) is 7.39. The first-order chi connectivity index (χ1) is 6.34. The van der Waals surface area contributed by atoms with Gasteiger partial charge in [-0.3, -0.25) is 0 Å². The van der Waals surface area contributed by atoms with Crippen molar-refractivity contribution in [3.8, 4) is 0 Å². The fourth-order valence-electron chi connectivity index (χ4n) is 2.39. The van der Waals surface area contributed by atoms with Crippen LogP contribution < -0.4 is 5.32 Å². The summed E-state index contributed by atoms with van der Waals surface area (Å²) in [4.78, 5) is 0. The average molecular weight is 175 g/mol. The summed E-state index contributed by atoms with van der Waals surface area (Å²) in [5.74, 6) is 0. The van der Waals surface area contributed by atoms with Gasteiger partial charge in [-0.2, -0.15) is 0 Å². The molecule has 0 spiro atoms. The van der Waals surface area contributed by atoms with Gasteiger partial charge in [0.15, 0.2) is 0 Å². The summed E-state index contributed by atoms with van der Waals surface area (Å²) in [6, 6.07) is 4.40. The van der Waals surface area contributed by atoms with Crippen LogP contribution in [0.2, 0.25) is 0 Å². The van der Waals surface area contributed by atoms with Crippen LogP contribution in [0.25, 0.3) is 0 Å². The maximum Gasteiger partial charge on any atom is 0.0796 e. The van der Waals surface area contributed by atoms with Crippen LogP contribution in [0, 0.1) is 0 Å². The van der Waals surface area contributed by atoms with E-state index in [0.29, 0.717) is 0 Å². The average Bonchev–Trinajstić information content (AvgIpc) is 2.70. The Kier molecular flexibility index (Phi) is 1.41. The topological polar surface area (TPSA) is 32.3 Å². The van der Waals surface area contributed by atoms with E-state index in [1.165, 1.54) is 16.8 Å². The second-order valence-electron chi connectivity index (χ2n) is 3.94. The Labute approximate surface area is 77.6 Å². The third kappa shape index (κ3) is 0.985. The van der Waals surface area contributed by atoms with Gasteiger partial charge in [-0.15, -0.1) is 0 Å². The molecule has 2 aliphatic rings. The van der Waals surface area contributed by atoms with Crippen LogP contribution in [0.5, 0.6) is 0 Å². The second kappa shape index (κ2) is 2.48. The SMILES string of the molecule is OC1CCc2cc3c(cc21)NCC3. The zero-order valence-electron chi connectivity index (χ0n) is 7.51. The van der Waals surface area contributed by atoms with Crippen LogP contribution in [-0.4, -0.2) is 11.7 Å². The molecule has 1 unspecified atom stereocenters. The predicted molar refractivity (Wildman–Crippen MR) is 51.9 cm³/mol. The Hall–Kier alpha value is -1.02. The second-order valence-corrected chi connectivity index (χ2v) is 3.94. The molecule has 1 aliphatic heterocycles. The highest BCUT2D eigenvalue weighted by Crippen LogP contribution is 2.36. The zero-order chi connectivity index (χ0) is 8.84. The van der Waals surface area contributed by atoms with E-state index in [0.717, 1.165) is 31.4 Å². The van der Waals surface area contributed by atoms with E-state index in [2.05, 4.69) is 17.4 Å². The normalized spacial score (nSPS) is 23.9. The van der Waals surface area contributed by atoms with Crippen molar-refractivity contribution in [1.29, 1.82) is 0 Å². The quantitative estimate of drug-likeness (QED) is 0.628. The zero-order valence-corrected chi connectivity index (χ0v) is 7.51. The molecule has 0 amide bonds. The number of aryl methyl sites for hydroxylation is 1. The van der Waals surface area contributed by atoms with Gasteiger partial charge in [-0.25, -0.2) is 0 Å². The molecule has 0 radical (unpaired) electrons. The van der Waals surface area contributed by atoms with Crippen LogP contribution in [0.1, 0.15) is 29.2 Å². The molecule has 0 fully saturated rings. The lowest BCUT2D eigenvalue weighted by atomic mass is 10.0. The predicted octanol–water partition coefficient (Wildman–Crippen LogP) is 1.63. The summed E-state index contributed by atoms with van der Waals surface area (Å²) in [5.41, 5.74) is 5.16. The molecule has 1 atom stereocenters. The van der Waals surface area contributed by atoms with E-state index < -0.39 is 0 Å². The first-order valence-corrected chi connectivity index (χ1v) is 4.92. The Balaban J connectivity index is 2.16. The van der Waals surface area contributed by atoms with Gasteiger partial charge in [-0.1, -0.05) is 6.07 Å². The third-order valence-corrected chi connectivity index (χ3v) is 3.12. The highest BCUT2D eigenvalue weighted by Gasteiger charge is 2.23. The number of aliphatic hydroxyl groups is 1. The summed E-state index contributed by atoms with van der Waals surface area (Å²) in [6.07, 6.45) is 2.86. The van der Waals surface area contributed by atoms with Crippen LogP contribution in [-0.2, 0) is 12.8 Å². The van der Waals surface area contributed by atoms with Crippen molar-refractivity contribution in [3.05, 3.63) is 28.8 Å². The highest BCUT2D eigenvalue weighted by molar-refractivity contribution is 5.60. The summed E-state index contributed by atoms with van der Waals surface area (Å²) < 4.78 is 0. The molecule has 2 nitrogen and oxygen atoms in total. The summed E-state index contributed by atoms with van der Waals surface area (Å²) >= 11 is 0. The fourth-order valence-corrected chi connectivity index (χ4v) is 2.39. The molecule has 1 aliphatic carbocycles. The van der Waals surface area contributed by atoms with Crippen molar-refractivity contribution in [2.75, 3.05) is 11.9 Å². The smallest absolute Gasteiger partial charge is 0.0796 e. The van der Waals surface area contributed by atoms with Gasteiger partial charge >= 0.3 is 0 Å². The molecule has 0 bridgehead atoms. The lowest BCUT2D eigenvalue weighted by Crippen LogP contribution is -1.94. The molecule has 68 valence electrons. The molecule has 3 rings (SSSR count). The number of anilines is 1. The van der Waals surface area contributed by atoms with E-state index in [-0.39, 0.29) is 6.10 Å². The molecule has 0 saturated carbocycles. The summed E-state index contributed by atoms with van der Waals surface area (Å²) in [6.45, 7) is 1.05. The first-order valence-electron chi connectivity index (χ1n) is 4.92. The van der Waals surface area contributed by atoms with Gasteiger partial charge < -0.3 is 10.4 Å². The largest absolute Gasteiger partial charge is 0.388 e. The summed E-state index contributed by atoms with van der Waals surface area (Å²) in [5, 5.41) is 13.0. The molecule has 0 saturated heterocycles. The molecule has 2 heteroatoms. The standard InChI is InChI=1S/C11H13NO/c13-11-2-1-7-5-8-3-4-12-10(8)6-9(7)11/h5-6,11-13H,1-4H2. The molecule has 13 heavy (non-hydrogen) atoms. The van der Waals surface area contributed by atoms with Gasteiger partial charge in [0.1, 0.15) is 0 Å². The van der Waals surface area contributed by atoms with Crippen molar-refractivity contribution in [1.82, 2.24) is 0 Å². The Morgan fingerprint density at radius 1 is 1.23 bits per heavy atom. The van der Waals surface area contributed by atoms with Crippen molar-refractivity contribution < 1.29 is 5.11 Å². The van der Waals surface area contributed by atoms with Gasteiger partial charge in [0.2, 0.25) is 0 Å². The molecule has 2 N–H and O–H groups in total. The lowest BCUT2D eigenvalue weighted by molar-refractivity contribution is 0.180. The van der Waals surface area contributed by atoms with Gasteiger partial charge in [-0.05, 0) is 42.0 Å². The number of benzene rings is 1. The van der Waals surface area contributed by atoms with E-state index in [4.69, 9.17) is 0 Å². The molecule has 1 aromatic carbocycles. The number of aliphatic hydroxyl groups excluding tert-OH is 1. The van der Waals surface area contributed by atoms with Crippen molar-refractivity contribution in [2.45, 2.75) is 25.4 Å². The van der Waals surface area contributed by atoms with E-state index in [1.54, 1.807) is 0 Å². The minimum atomic E-state index is -0.220.